The molecule has 0 spiro atoms. The van der Waals surface area contributed by atoms with Gasteiger partial charge in [0.25, 0.3) is 11.8 Å². The van der Waals surface area contributed by atoms with Gasteiger partial charge in [-0.25, -0.2) is 17.6 Å². The number of nitrogens with one attached hydrogen (secondary N) is 3. The number of carboxylic acid groups (broad SMARTS) is 1. The third-order valence-electron chi connectivity index (χ3n) is 8.54. The number of sulfonamides is 1. The number of likely N-dealkylation sites (tertiary alicyclic amines) is 1. The largest absolute Gasteiger partial charge is 0.480 e. The number of rotatable bonds is 14. The van der Waals surface area contributed by atoms with Crippen LogP contribution < -0.4 is 20.3 Å². The van der Waals surface area contributed by atoms with Crippen molar-refractivity contribution in [1.82, 2.24) is 20.9 Å². The molecule has 1 fully saturated rings. The van der Waals surface area contributed by atoms with Gasteiger partial charge in [0.05, 0.1) is 24.0 Å². The van der Waals surface area contributed by atoms with Gasteiger partial charge in [0.2, 0.25) is 15.9 Å². The van der Waals surface area contributed by atoms with Crippen LogP contribution in [-0.2, 0) is 26.0 Å². The summed E-state index contributed by atoms with van der Waals surface area (Å²) in [4.78, 5) is 53.4. The second kappa shape index (κ2) is 16.1. The molecule has 0 aliphatic carbocycles. The van der Waals surface area contributed by atoms with Crippen LogP contribution in [0.1, 0.15) is 64.6 Å². The van der Waals surface area contributed by atoms with Crippen LogP contribution in [0.4, 0.5) is 10.1 Å². The molecule has 12 nitrogen and oxygen atoms in total. The van der Waals surface area contributed by atoms with E-state index in [1.807, 2.05) is 30.3 Å². The number of nitrogens with zero attached hydrogens (tertiary/aromatic N) is 2. The Morgan fingerprint density at radius 3 is 2.16 bits per heavy atom. The molecule has 3 amide bonds. The zero-order chi connectivity index (χ0) is 35.9. The van der Waals surface area contributed by atoms with Gasteiger partial charge in [-0.3, -0.25) is 18.7 Å². The summed E-state index contributed by atoms with van der Waals surface area (Å²) in [6.45, 7) is 3.85. The summed E-state index contributed by atoms with van der Waals surface area (Å²) in [5.41, 5.74) is 1.69. The first-order chi connectivity index (χ1) is 23.1. The van der Waals surface area contributed by atoms with E-state index < -0.39 is 57.8 Å². The van der Waals surface area contributed by atoms with Crippen molar-refractivity contribution >= 4 is 39.4 Å². The van der Waals surface area contributed by atoms with E-state index in [-0.39, 0.29) is 29.3 Å². The van der Waals surface area contributed by atoms with Crippen LogP contribution in [-0.4, -0.2) is 86.6 Å². The Hall–Kier alpha value is -4.82. The predicted molar refractivity (Wildman–Crippen MR) is 183 cm³/mol. The average Bonchev–Trinajstić information content (AvgIpc) is 3.57. The number of hydrogen-bond donors (Lipinski definition) is 4. The number of carboxylic acids is 1. The molecule has 1 saturated heterocycles. The molecule has 1 heterocycles. The molecule has 3 aromatic carbocycles. The van der Waals surface area contributed by atoms with Crippen LogP contribution in [0.25, 0.3) is 0 Å². The van der Waals surface area contributed by atoms with Gasteiger partial charge in [-0.05, 0) is 74.6 Å². The Balaban J connectivity index is 1.57. The standard InChI is InChI=1S/C35H42FN5O7S/c1-22(25-12-14-28(36)15-13-25)38-32(42)26-18-27(20-30(19-26)40(3)49(4,47)48)33(43)39-29(17-24-9-6-5-7-10-24)21-37-23(2)34(44)41-16-8-11-31(41)35(45)46/h5-7,9-10,12-15,18-20,22-23,29,31,37H,8,11,16-17,21H2,1-4H3,(H,38,42)(H,39,43)(H,45,46)/t22-,23+,29+,31+/m1/s1. The highest BCUT2D eigenvalue weighted by molar-refractivity contribution is 7.92. The minimum atomic E-state index is -3.77. The van der Waals surface area contributed by atoms with Crippen molar-refractivity contribution in [3.8, 4) is 0 Å². The molecule has 49 heavy (non-hydrogen) atoms. The number of benzene rings is 3. The first kappa shape index (κ1) is 37.0. The van der Waals surface area contributed by atoms with Gasteiger partial charge in [-0.2, -0.15) is 0 Å². The lowest BCUT2D eigenvalue weighted by Gasteiger charge is -2.27. The second-order valence-electron chi connectivity index (χ2n) is 12.3. The summed E-state index contributed by atoms with van der Waals surface area (Å²) < 4.78 is 39.3. The summed E-state index contributed by atoms with van der Waals surface area (Å²) >= 11 is 0. The SMILES string of the molecule is C[C@H](NC[C@H](Cc1ccccc1)NC(=O)c1cc(C(=O)N[C@H](C)c2ccc(F)cc2)cc(N(C)S(C)(=O)=O)c1)C(=O)N1CCC[C@H]1C(=O)O. The van der Waals surface area contributed by atoms with E-state index in [9.17, 15) is 37.1 Å². The van der Waals surface area contributed by atoms with Crippen molar-refractivity contribution in [2.45, 2.75) is 57.3 Å². The van der Waals surface area contributed by atoms with E-state index in [0.29, 0.717) is 31.4 Å². The van der Waals surface area contributed by atoms with Crippen LogP contribution in [0.3, 0.4) is 0 Å². The van der Waals surface area contributed by atoms with E-state index in [0.717, 1.165) is 16.1 Å². The fourth-order valence-corrected chi connectivity index (χ4v) is 6.13. The molecular weight excluding hydrogens is 653 g/mol. The smallest absolute Gasteiger partial charge is 0.326 e. The number of anilines is 1. The molecule has 4 rings (SSSR count). The molecule has 0 aromatic heterocycles. The Morgan fingerprint density at radius 2 is 1.57 bits per heavy atom. The lowest BCUT2D eigenvalue weighted by atomic mass is 10.0. The van der Waals surface area contributed by atoms with E-state index in [2.05, 4.69) is 16.0 Å². The molecular formula is C35H42FN5O7S. The predicted octanol–water partition coefficient (Wildman–Crippen LogP) is 3.11. The van der Waals surface area contributed by atoms with E-state index in [1.165, 1.54) is 54.4 Å². The molecule has 0 unspecified atom stereocenters. The van der Waals surface area contributed by atoms with Crippen LogP contribution in [0.2, 0.25) is 0 Å². The molecule has 0 bridgehead atoms. The number of amides is 3. The summed E-state index contributed by atoms with van der Waals surface area (Å²) in [5.74, 6) is -2.98. The fourth-order valence-electron chi connectivity index (χ4n) is 5.65. The number of aliphatic carboxylic acids is 1. The Bertz CT molecular complexity index is 1770. The molecule has 4 N–H and O–H groups in total. The lowest BCUT2D eigenvalue weighted by Crippen LogP contribution is -2.52. The Morgan fingerprint density at radius 1 is 0.959 bits per heavy atom. The number of carbonyl (C=O) groups excluding carboxylic acids is 3. The molecule has 0 saturated carbocycles. The third-order valence-corrected chi connectivity index (χ3v) is 9.75. The van der Waals surface area contributed by atoms with Crippen molar-refractivity contribution in [3.05, 3.63) is 101 Å². The maximum Gasteiger partial charge on any atom is 0.326 e. The first-order valence-electron chi connectivity index (χ1n) is 15.9. The minimum absolute atomic E-state index is 0.0242. The van der Waals surface area contributed by atoms with Gasteiger partial charge >= 0.3 is 5.97 Å². The maximum absolute atomic E-state index is 13.8. The number of hydrogen-bond acceptors (Lipinski definition) is 7. The highest BCUT2D eigenvalue weighted by atomic mass is 32.2. The lowest BCUT2D eigenvalue weighted by molar-refractivity contribution is -0.148. The van der Waals surface area contributed by atoms with Gasteiger partial charge in [0.1, 0.15) is 11.9 Å². The molecule has 14 heteroatoms. The van der Waals surface area contributed by atoms with Crippen LogP contribution >= 0.6 is 0 Å². The van der Waals surface area contributed by atoms with Crippen LogP contribution in [0.5, 0.6) is 0 Å². The molecule has 0 radical (unpaired) electrons. The summed E-state index contributed by atoms with van der Waals surface area (Å²) in [6, 6.07) is 16.4. The maximum atomic E-state index is 13.8. The monoisotopic (exact) mass is 695 g/mol. The zero-order valence-electron chi connectivity index (χ0n) is 27.9. The van der Waals surface area contributed by atoms with Gasteiger partial charge in [0, 0.05) is 37.3 Å². The van der Waals surface area contributed by atoms with Gasteiger partial charge in [-0.15, -0.1) is 0 Å². The number of carbonyl (C=O) groups is 4. The van der Waals surface area contributed by atoms with E-state index in [4.69, 9.17) is 0 Å². The molecule has 1 aliphatic rings. The van der Waals surface area contributed by atoms with Crippen molar-refractivity contribution < 1.29 is 37.1 Å². The van der Waals surface area contributed by atoms with Crippen molar-refractivity contribution in [2.75, 3.05) is 30.7 Å². The van der Waals surface area contributed by atoms with E-state index >= 15 is 0 Å². The van der Waals surface area contributed by atoms with Crippen LogP contribution in [0, 0.1) is 5.82 Å². The topological polar surface area (TPSA) is 165 Å². The van der Waals surface area contributed by atoms with E-state index in [1.54, 1.807) is 13.8 Å². The zero-order valence-corrected chi connectivity index (χ0v) is 28.7. The van der Waals surface area contributed by atoms with Gasteiger partial charge in [0.15, 0.2) is 0 Å². The molecule has 4 atom stereocenters. The van der Waals surface area contributed by atoms with Crippen molar-refractivity contribution in [3.63, 3.8) is 0 Å². The van der Waals surface area contributed by atoms with Gasteiger partial charge in [-0.1, -0.05) is 42.5 Å². The Labute approximate surface area is 285 Å². The molecule has 262 valence electrons. The molecule has 3 aromatic rings. The van der Waals surface area contributed by atoms with Crippen LogP contribution in [0.15, 0.2) is 72.8 Å². The quantitative estimate of drug-likeness (QED) is 0.200. The van der Waals surface area contributed by atoms with Crippen molar-refractivity contribution in [1.29, 1.82) is 0 Å². The highest BCUT2D eigenvalue weighted by Gasteiger charge is 2.36. The highest BCUT2D eigenvalue weighted by Crippen LogP contribution is 2.23. The minimum Gasteiger partial charge on any atom is -0.480 e. The third kappa shape index (κ3) is 9.86. The Kier molecular flexibility index (Phi) is 12.1. The summed E-state index contributed by atoms with van der Waals surface area (Å²) in [5, 5.41) is 18.4. The average molecular weight is 696 g/mol. The second-order valence-corrected chi connectivity index (χ2v) is 14.3. The normalized spacial score (nSPS) is 16.3. The molecule has 1 aliphatic heterocycles. The number of halogens is 1. The fraction of sp³-hybridized carbons (Fsp3) is 0.371. The summed E-state index contributed by atoms with van der Waals surface area (Å²) in [7, 11) is -2.46. The summed E-state index contributed by atoms with van der Waals surface area (Å²) in [6.07, 6.45) is 2.36. The van der Waals surface area contributed by atoms with Gasteiger partial charge < -0.3 is 26.0 Å². The van der Waals surface area contributed by atoms with Crippen molar-refractivity contribution in [2.24, 2.45) is 0 Å². The first-order valence-corrected chi connectivity index (χ1v) is 17.8.